The Bertz CT molecular complexity index is 1430. The monoisotopic (exact) mass is 427 g/mol. The maximum Gasteiger partial charge on any atom is 0.224 e. The minimum atomic E-state index is 0.442. The first-order chi connectivity index (χ1) is 15.5. The Kier molecular flexibility index (Phi) is 4.89. The highest BCUT2D eigenvalue weighted by Crippen LogP contribution is 2.28. The number of aromatic amines is 1. The van der Waals surface area contributed by atoms with Gasteiger partial charge >= 0.3 is 0 Å². The van der Waals surface area contributed by atoms with Crippen LogP contribution >= 0.6 is 0 Å². The van der Waals surface area contributed by atoms with E-state index in [2.05, 4.69) is 35.9 Å². The molecule has 4 N–H and O–H groups in total. The summed E-state index contributed by atoms with van der Waals surface area (Å²) in [4.78, 5) is 16.8. The van der Waals surface area contributed by atoms with Crippen LogP contribution in [0.1, 0.15) is 11.4 Å². The Hall–Kier alpha value is -4.07. The quantitative estimate of drug-likeness (QED) is 0.377. The van der Waals surface area contributed by atoms with Crippen molar-refractivity contribution in [1.29, 1.82) is 0 Å². The molecule has 32 heavy (non-hydrogen) atoms. The van der Waals surface area contributed by atoms with Crippen molar-refractivity contribution >= 4 is 33.7 Å². The lowest BCUT2D eigenvalue weighted by atomic mass is 10.1. The summed E-state index contributed by atoms with van der Waals surface area (Å²) < 4.78 is 7.41. The van der Waals surface area contributed by atoms with E-state index in [1.54, 1.807) is 13.3 Å². The molecule has 0 radical (unpaired) electrons. The van der Waals surface area contributed by atoms with Gasteiger partial charge < -0.3 is 25.3 Å². The number of aromatic nitrogens is 5. The molecule has 162 valence electrons. The highest BCUT2D eigenvalue weighted by Gasteiger charge is 2.11. The van der Waals surface area contributed by atoms with Gasteiger partial charge in [-0.15, -0.1) is 0 Å². The van der Waals surface area contributed by atoms with Gasteiger partial charge in [-0.05, 0) is 54.8 Å². The molecule has 5 aromatic rings. The number of hydrogen-bond donors (Lipinski definition) is 3. The average Bonchev–Trinajstić information content (AvgIpc) is 3.33. The second kappa shape index (κ2) is 7.88. The largest absolute Gasteiger partial charge is 0.497 e. The molecule has 0 bridgehead atoms. The minimum absolute atomic E-state index is 0.442. The molecule has 0 fully saturated rings. The first-order valence-electron chi connectivity index (χ1n) is 10.5. The number of nitrogens with two attached hydrogens (primary N) is 1. The number of fused-ring (bicyclic) bond motifs is 2. The zero-order valence-corrected chi connectivity index (χ0v) is 18.3. The number of aryl methyl sites for hydroxylation is 2. The van der Waals surface area contributed by atoms with Gasteiger partial charge in [0.25, 0.3) is 0 Å². The van der Waals surface area contributed by atoms with E-state index in [1.807, 2.05) is 50.5 Å². The van der Waals surface area contributed by atoms with Crippen LogP contribution in [0, 0.1) is 6.92 Å². The van der Waals surface area contributed by atoms with E-state index in [0.717, 1.165) is 51.1 Å². The van der Waals surface area contributed by atoms with Crippen molar-refractivity contribution in [3.63, 3.8) is 0 Å². The number of ether oxygens (including phenoxy) is 1. The summed E-state index contributed by atoms with van der Waals surface area (Å²) in [5.74, 6) is 2.77. The lowest BCUT2D eigenvalue weighted by Gasteiger charge is -2.09. The lowest BCUT2D eigenvalue weighted by molar-refractivity contribution is 0.415. The van der Waals surface area contributed by atoms with Crippen LogP contribution in [0.3, 0.4) is 0 Å². The summed E-state index contributed by atoms with van der Waals surface area (Å²) >= 11 is 0. The van der Waals surface area contributed by atoms with Crippen molar-refractivity contribution in [2.45, 2.75) is 13.3 Å². The van der Waals surface area contributed by atoms with Crippen molar-refractivity contribution < 1.29 is 4.74 Å². The molecule has 0 saturated carbocycles. The molecular formula is C24H25N7O. The van der Waals surface area contributed by atoms with Crippen molar-refractivity contribution in [3.05, 3.63) is 60.2 Å². The molecular weight excluding hydrogens is 402 g/mol. The third-order valence-electron chi connectivity index (χ3n) is 5.89. The Labute approximate surface area is 185 Å². The first kappa shape index (κ1) is 19.9. The molecule has 0 amide bonds. The standard InChI is InChI=1S/C24H25N7O/c1-14-29-21-6-4-15(10-22(21)31(14)2)19-13-28-24(30-23(19)25)26-9-8-16-12-27-20-7-5-17(32-3)11-18(16)20/h4-7,10-13,27H,8-9H2,1-3H3,(H3,25,26,28,30). The predicted molar refractivity (Wildman–Crippen MR) is 128 cm³/mol. The number of hydrogen-bond acceptors (Lipinski definition) is 6. The molecule has 8 nitrogen and oxygen atoms in total. The van der Waals surface area contributed by atoms with Gasteiger partial charge in [-0.3, -0.25) is 0 Å². The highest BCUT2D eigenvalue weighted by molar-refractivity contribution is 5.86. The molecule has 3 heterocycles. The fraction of sp³-hybridized carbons (Fsp3) is 0.208. The van der Waals surface area contributed by atoms with Gasteiger partial charge in [-0.1, -0.05) is 6.07 Å². The molecule has 0 aliphatic heterocycles. The Morgan fingerprint density at radius 3 is 2.84 bits per heavy atom. The molecule has 8 heteroatoms. The smallest absolute Gasteiger partial charge is 0.224 e. The average molecular weight is 428 g/mol. The highest BCUT2D eigenvalue weighted by atomic mass is 16.5. The lowest BCUT2D eigenvalue weighted by Crippen LogP contribution is -2.09. The van der Waals surface area contributed by atoms with Gasteiger partial charge in [0, 0.05) is 42.5 Å². The number of benzene rings is 2. The molecule has 0 unspecified atom stereocenters. The Morgan fingerprint density at radius 1 is 1.16 bits per heavy atom. The van der Waals surface area contributed by atoms with Crippen molar-refractivity contribution in [1.82, 2.24) is 24.5 Å². The first-order valence-corrected chi connectivity index (χ1v) is 10.5. The normalized spacial score (nSPS) is 11.3. The van der Waals surface area contributed by atoms with Crippen LogP contribution in [-0.2, 0) is 13.5 Å². The molecule has 5 rings (SSSR count). The van der Waals surface area contributed by atoms with Crippen LogP contribution in [0.25, 0.3) is 33.1 Å². The van der Waals surface area contributed by atoms with E-state index in [-0.39, 0.29) is 0 Å². The number of H-pyrrole nitrogens is 1. The Morgan fingerprint density at radius 2 is 2.03 bits per heavy atom. The third-order valence-corrected chi connectivity index (χ3v) is 5.89. The maximum absolute atomic E-state index is 6.28. The number of anilines is 2. The predicted octanol–water partition coefficient (Wildman–Crippen LogP) is 4.07. The topological polar surface area (TPSA) is 107 Å². The van der Waals surface area contributed by atoms with Gasteiger partial charge in [0.2, 0.25) is 5.95 Å². The number of rotatable bonds is 6. The van der Waals surface area contributed by atoms with Crippen LogP contribution in [0.15, 0.2) is 48.8 Å². The summed E-state index contributed by atoms with van der Waals surface area (Å²) in [5, 5.41) is 4.43. The Balaban J connectivity index is 1.31. The van der Waals surface area contributed by atoms with E-state index in [4.69, 9.17) is 10.5 Å². The molecule has 0 spiro atoms. The van der Waals surface area contributed by atoms with Crippen molar-refractivity contribution in [2.24, 2.45) is 7.05 Å². The fourth-order valence-corrected chi connectivity index (χ4v) is 3.98. The second-order valence-electron chi connectivity index (χ2n) is 7.82. The van der Waals surface area contributed by atoms with E-state index in [0.29, 0.717) is 18.3 Å². The summed E-state index contributed by atoms with van der Waals surface area (Å²) in [6.07, 6.45) is 4.61. The summed E-state index contributed by atoms with van der Waals surface area (Å²) in [6.45, 7) is 2.67. The molecule has 0 atom stereocenters. The third kappa shape index (κ3) is 3.49. The summed E-state index contributed by atoms with van der Waals surface area (Å²) in [7, 11) is 3.68. The number of imidazole rings is 1. The number of methoxy groups -OCH3 is 1. The maximum atomic E-state index is 6.28. The van der Waals surface area contributed by atoms with Crippen LogP contribution in [0.2, 0.25) is 0 Å². The minimum Gasteiger partial charge on any atom is -0.497 e. The van der Waals surface area contributed by atoms with E-state index in [1.165, 1.54) is 5.56 Å². The van der Waals surface area contributed by atoms with Crippen LogP contribution in [-0.4, -0.2) is 38.2 Å². The second-order valence-corrected chi connectivity index (χ2v) is 7.82. The zero-order chi connectivity index (χ0) is 22.2. The van der Waals surface area contributed by atoms with Gasteiger partial charge in [-0.2, -0.15) is 4.98 Å². The molecule has 0 saturated heterocycles. The van der Waals surface area contributed by atoms with Gasteiger partial charge in [0.15, 0.2) is 0 Å². The number of nitrogens with zero attached hydrogens (tertiary/aromatic N) is 4. The van der Waals surface area contributed by atoms with Gasteiger partial charge in [0.05, 0.1) is 18.1 Å². The summed E-state index contributed by atoms with van der Waals surface area (Å²) in [6, 6.07) is 12.1. The van der Waals surface area contributed by atoms with Crippen molar-refractivity contribution in [3.8, 4) is 16.9 Å². The SMILES string of the molecule is COc1ccc2[nH]cc(CCNc3ncc(-c4ccc5nc(C)n(C)c5c4)c(N)n3)c2c1. The van der Waals surface area contributed by atoms with Crippen molar-refractivity contribution in [2.75, 3.05) is 24.7 Å². The molecule has 2 aromatic carbocycles. The van der Waals surface area contributed by atoms with Gasteiger partial charge in [-0.25, -0.2) is 9.97 Å². The molecule has 3 aromatic heterocycles. The van der Waals surface area contributed by atoms with Crippen LogP contribution in [0.4, 0.5) is 11.8 Å². The van der Waals surface area contributed by atoms with Gasteiger partial charge in [0.1, 0.15) is 17.4 Å². The number of nitrogens with one attached hydrogen (secondary N) is 2. The zero-order valence-electron chi connectivity index (χ0n) is 18.3. The fourth-order valence-electron chi connectivity index (χ4n) is 3.98. The number of nitrogen functional groups attached to an aromatic ring is 1. The summed E-state index contributed by atoms with van der Waals surface area (Å²) in [5.41, 5.74) is 12.4. The van der Waals surface area contributed by atoms with Crippen LogP contribution in [0.5, 0.6) is 5.75 Å². The molecule has 0 aliphatic carbocycles. The van der Waals surface area contributed by atoms with E-state index in [9.17, 15) is 0 Å². The van der Waals surface area contributed by atoms with Crippen LogP contribution < -0.4 is 15.8 Å². The van der Waals surface area contributed by atoms with E-state index >= 15 is 0 Å². The molecule has 0 aliphatic rings. The van der Waals surface area contributed by atoms with E-state index < -0.39 is 0 Å².